The number of anilines is 2. The predicted molar refractivity (Wildman–Crippen MR) is 164 cm³/mol. The lowest BCUT2D eigenvalue weighted by atomic mass is 9.63. The Labute approximate surface area is 256 Å². The molecule has 2 aliphatic carbocycles. The number of hydrogen-bond acceptors (Lipinski definition) is 11. The van der Waals surface area contributed by atoms with Crippen LogP contribution in [0.5, 0.6) is 11.6 Å². The molecule has 0 bridgehead atoms. The Morgan fingerprint density at radius 3 is 2.79 bits per heavy atom. The average Bonchev–Trinajstić information content (AvgIpc) is 3.74. The third kappa shape index (κ3) is 4.16. The van der Waals surface area contributed by atoms with Crippen molar-refractivity contribution in [1.29, 1.82) is 5.26 Å². The van der Waals surface area contributed by atoms with Crippen LogP contribution in [0.3, 0.4) is 0 Å². The number of aryl methyl sites for hydroxylation is 1. The maximum absolute atomic E-state index is 10.1. The van der Waals surface area contributed by atoms with Gasteiger partial charge in [0.15, 0.2) is 23.1 Å². The lowest BCUT2D eigenvalue weighted by Crippen LogP contribution is -2.47. The number of piperidine rings is 1. The van der Waals surface area contributed by atoms with Gasteiger partial charge in [0.1, 0.15) is 23.8 Å². The first-order valence-electron chi connectivity index (χ1n) is 16.0. The fourth-order valence-corrected chi connectivity index (χ4v) is 9.72. The van der Waals surface area contributed by atoms with Crippen LogP contribution in [0.2, 0.25) is 0 Å². The SMILES string of the molecule is CC(Oc1nc(-c2noc3c2CCCC32CCCc3sc(N)c(C#N)c32)nc2c1OCC1CCCCN21)C1CCCN1C. The van der Waals surface area contributed by atoms with E-state index in [1.807, 2.05) is 0 Å². The Kier molecular flexibility index (Phi) is 6.56. The van der Waals surface area contributed by atoms with Crippen molar-refractivity contribution < 1.29 is 14.0 Å². The molecular weight excluding hydrogens is 562 g/mol. The van der Waals surface area contributed by atoms with Gasteiger partial charge >= 0.3 is 0 Å². The highest BCUT2D eigenvalue weighted by atomic mass is 32.1. The van der Waals surface area contributed by atoms with E-state index >= 15 is 0 Å². The third-order valence-corrected chi connectivity index (χ3v) is 11.7. The molecule has 4 unspecified atom stereocenters. The van der Waals surface area contributed by atoms with Crippen LogP contribution in [0.15, 0.2) is 4.52 Å². The van der Waals surface area contributed by atoms with Gasteiger partial charge in [0.25, 0.3) is 5.88 Å². The van der Waals surface area contributed by atoms with E-state index in [2.05, 4.69) is 35.0 Å². The van der Waals surface area contributed by atoms with Crippen LogP contribution >= 0.6 is 11.3 Å². The van der Waals surface area contributed by atoms with Crippen LogP contribution in [0.4, 0.5) is 10.8 Å². The fraction of sp³-hybridized carbons (Fsp3) is 0.625. The summed E-state index contributed by atoms with van der Waals surface area (Å²) in [6.07, 6.45) is 11.3. The summed E-state index contributed by atoms with van der Waals surface area (Å²) in [5, 5.41) is 15.4. The zero-order valence-electron chi connectivity index (χ0n) is 25.0. The summed E-state index contributed by atoms with van der Waals surface area (Å²) in [4.78, 5) is 16.2. The number of nitrogens with two attached hydrogens (primary N) is 1. The molecular formula is C32H39N7O3S. The van der Waals surface area contributed by atoms with Crippen molar-refractivity contribution in [2.45, 2.75) is 101 Å². The van der Waals surface area contributed by atoms with Gasteiger partial charge in [-0.3, -0.25) is 4.90 Å². The zero-order chi connectivity index (χ0) is 29.3. The Bertz CT molecular complexity index is 1610. The standard InChI is InChI=1S/C32H39N7O3S/c1-18(22-10-7-14-38(22)2)41-31-26-30(39-15-4-3-8-19(39)17-40-26)35-29(36-31)25-20-9-5-12-32(27(20)42-37-25)13-6-11-23-24(32)21(16-33)28(34)43-23/h18-19,22H,3-15,17,34H2,1-2H3. The molecule has 8 rings (SSSR count). The molecule has 5 aliphatic rings. The van der Waals surface area contributed by atoms with Gasteiger partial charge in [-0.05, 0) is 96.7 Å². The van der Waals surface area contributed by atoms with E-state index in [0.29, 0.717) is 52.4 Å². The lowest BCUT2D eigenvalue weighted by Gasteiger charge is -2.41. The number of likely N-dealkylation sites (tertiary alicyclic amines) is 1. The van der Waals surface area contributed by atoms with Gasteiger partial charge in [-0.15, -0.1) is 11.3 Å². The van der Waals surface area contributed by atoms with Gasteiger partial charge in [0.2, 0.25) is 5.75 Å². The van der Waals surface area contributed by atoms with Crippen molar-refractivity contribution in [3.05, 3.63) is 27.3 Å². The highest BCUT2D eigenvalue weighted by Gasteiger charge is 2.49. The fourth-order valence-electron chi connectivity index (χ4n) is 8.56. The molecule has 0 saturated carbocycles. The van der Waals surface area contributed by atoms with Crippen LogP contribution in [0, 0.1) is 11.3 Å². The number of fused-ring (bicyclic) bond motifs is 7. The first-order chi connectivity index (χ1) is 21.0. The summed E-state index contributed by atoms with van der Waals surface area (Å²) in [6, 6.07) is 3.05. The van der Waals surface area contributed by atoms with E-state index in [1.54, 1.807) is 11.3 Å². The minimum Gasteiger partial charge on any atom is -0.483 e. The summed E-state index contributed by atoms with van der Waals surface area (Å²) >= 11 is 1.56. The monoisotopic (exact) mass is 601 g/mol. The average molecular weight is 602 g/mol. The Morgan fingerprint density at radius 1 is 1.12 bits per heavy atom. The zero-order valence-corrected chi connectivity index (χ0v) is 25.8. The van der Waals surface area contributed by atoms with Crippen LogP contribution in [-0.4, -0.2) is 65.0 Å². The first kappa shape index (κ1) is 27.2. The van der Waals surface area contributed by atoms with Gasteiger partial charge in [0, 0.05) is 23.0 Å². The lowest BCUT2D eigenvalue weighted by molar-refractivity contribution is 0.109. The second-order valence-corrected chi connectivity index (χ2v) is 14.2. The van der Waals surface area contributed by atoms with Gasteiger partial charge in [-0.25, -0.2) is 4.98 Å². The summed E-state index contributed by atoms with van der Waals surface area (Å²) in [5.41, 5.74) is 9.39. The largest absolute Gasteiger partial charge is 0.483 e. The van der Waals surface area contributed by atoms with Gasteiger partial charge in [-0.2, -0.15) is 10.2 Å². The number of nitriles is 1. The van der Waals surface area contributed by atoms with Crippen molar-refractivity contribution >= 4 is 22.2 Å². The molecule has 2 saturated heterocycles. The molecule has 3 aliphatic heterocycles. The molecule has 226 valence electrons. The Balaban J connectivity index is 1.25. The normalized spacial score (nSPS) is 27.0. The van der Waals surface area contributed by atoms with Crippen LogP contribution in [0.1, 0.15) is 92.0 Å². The molecule has 0 aromatic carbocycles. The van der Waals surface area contributed by atoms with Crippen LogP contribution in [0.25, 0.3) is 11.5 Å². The number of aromatic nitrogens is 3. The highest BCUT2D eigenvalue weighted by molar-refractivity contribution is 7.16. The molecule has 2 fully saturated rings. The molecule has 2 N–H and O–H groups in total. The molecule has 3 aromatic heterocycles. The minimum atomic E-state index is -0.387. The molecule has 0 radical (unpaired) electrons. The van der Waals surface area contributed by atoms with Crippen molar-refractivity contribution in [3.63, 3.8) is 0 Å². The second-order valence-electron chi connectivity index (χ2n) is 13.1. The van der Waals surface area contributed by atoms with E-state index < -0.39 is 0 Å². The maximum atomic E-state index is 10.1. The first-order valence-corrected chi connectivity index (χ1v) is 16.8. The van der Waals surface area contributed by atoms with E-state index in [1.165, 1.54) is 17.7 Å². The van der Waals surface area contributed by atoms with Gasteiger partial charge in [-0.1, -0.05) is 5.16 Å². The smallest absolute Gasteiger partial charge is 0.263 e. The van der Waals surface area contributed by atoms with Crippen molar-refractivity contribution in [1.82, 2.24) is 20.0 Å². The summed E-state index contributed by atoms with van der Waals surface area (Å²) < 4.78 is 19.3. The van der Waals surface area contributed by atoms with Gasteiger partial charge in [0.05, 0.1) is 17.0 Å². The highest BCUT2D eigenvalue weighted by Crippen LogP contribution is 2.55. The van der Waals surface area contributed by atoms with Crippen molar-refractivity contribution in [2.75, 3.05) is 37.4 Å². The molecule has 1 spiro atoms. The van der Waals surface area contributed by atoms with E-state index in [-0.39, 0.29) is 11.5 Å². The van der Waals surface area contributed by atoms with Crippen LogP contribution < -0.4 is 20.1 Å². The van der Waals surface area contributed by atoms with E-state index in [4.69, 9.17) is 29.7 Å². The topological polar surface area (TPSA) is 127 Å². The molecule has 3 aromatic rings. The van der Waals surface area contributed by atoms with Gasteiger partial charge < -0.3 is 24.6 Å². The number of nitrogens with zero attached hydrogens (tertiary/aromatic N) is 6. The number of rotatable bonds is 4. The molecule has 43 heavy (non-hydrogen) atoms. The van der Waals surface area contributed by atoms with Crippen molar-refractivity contribution in [3.8, 4) is 29.2 Å². The van der Waals surface area contributed by atoms with Crippen LogP contribution in [-0.2, 0) is 18.3 Å². The number of thiophene rings is 1. The quantitative estimate of drug-likeness (QED) is 0.425. The Hall–Kier alpha value is -3.36. The summed E-state index contributed by atoms with van der Waals surface area (Å²) in [7, 11) is 2.17. The minimum absolute atomic E-state index is 0.0503. The molecule has 6 heterocycles. The van der Waals surface area contributed by atoms with E-state index in [0.717, 1.165) is 93.6 Å². The number of hydrogen-bond donors (Lipinski definition) is 1. The molecule has 11 heteroatoms. The maximum Gasteiger partial charge on any atom is 0.263 e. The predicted octanol–water partition coefficient (Wildman–Crippen LogP) is 5.22. The summed E-state index contributed by atoms with van der Waals surface area (Å²) in [6.45, 7) is 4.78. The number of likely N-dealkylation sites (N-methyl/N-ethyl adjacent to an activating group) is 1. The second kappa shape index (κ2) is 10.4. The number of ether oxygens (including phenoxy) is 2. The third-order valence-electron chi connectivity index (χ3n) is 10.6. The van der Waals surface area contributed by atoms with Crippen molar-refractivity contribution in [2.24, 2.45) is 0 Å². The Morgan fingerprint density at radius 2 is 1.98 bits per heavy atom. The summed E-state index contributed by atoms with van der Waals surface area (Å²) in [5.74, 6) is 3.34. The molecule has 0 amide bonds. The number of nitrogen functional groups attached to an aromatic ring is 1. The molecule has 4 atom stereocenters. The van der Waals surface area contributed by atoms with E-state index in [9.17, 15) is 5.26 Å². The molecule has 10 nitrogen and oxygen atoms in total.